The number of hydrogen-bond acceptors (Lipinski definition) is 2. The molecule has 1 heterocycles. The highest BCUT2D eigenvalue weighted by atomic mass is 35.5. The molecule has 1 aromatic heterocycles. The summed E-state index contributed by atoms with van der Waals surface area (Å²) >= 11 is 7.64. The molecule has 3 rings (SSSR count). The molecule has 0 bridgehead atoms. The van der Waals surface area contributed by atoms with Gasteiger partial charge >= 0.3 is 0 Å². The predicted octanol–water partition coefficient (Wildman–Crippen LogP) is 4.93. The van der Waals surface area contributed by atoms with Crippen molar-refractivity contribution in [3.63, 3.8) is 0 Å². The lowest BCUT2D eigenvalue weighted by molar-refractivity contribution is 0.475. The molecule has 0 atom stereocenters. The SMILES string of the molecule is Oc1ccc(-c2cc3ccccc3s2)cc1Cl. The molecule has 3 heteroatoms. The first-order valence-corrected chi connectivity index (χ1v) is 6.41. The fourth-order valence-corrected chi connectivity index (χ4v) is 3.02. The van der Waals surface area contributed by atoms with Crippen molar-refractivity contribution in [3.05, 3.63) is 53.6 Å². The summed E-state index contributed by atoms with van der Waals surface area (Å²) < 4.78 is 1.26. The number of phenolic OH excluding ortho intramolecular Hbond substituents is 1. The Bertz CT molecular complexity index is 655. The van der Waals surface area contributed by atoms with Crippen LogP contribution in [0.5, 0.6) is 5.75 Å². The Kier molecular flexibility index (Phi) is 2.54. The van der Waals surface area contributed by atoms with Crippen molar-refractivity contribution < 1.29 is 5.11 Å². The summed E-state index contributed by atoms with van der Waals surface area (Å²) in [5.74, 6) is 0.122. The van der Waals surface area contributed by atoms with Crippen molar-refractivity contribution in [1.82, 2.24) is 0 Å². The molecular weight excluding hydrogens is 252 g/mol. The summed E-state index contributed by atoms with van der Waals surface area (Å²) in [5, 5.41) is 11.0. The third-order valence-electron chi connectivity index (χ3n) is 2.66. The van der Waals surface area contributed by atoms with Crippen molar-refractivity contribution in [2.24, 2.45) is 0 Å². The summed E-state index contributed by atoms with van der Waals surface area (Å²) in [6, 6.07) is 15.7. The van der Waals surface area contributed by atoms with E-state index in [2.05, 4.69) is 18.2 Å². The van der Waals surface area contributed by atoms with Crippen molar-refractivity contribution in [1.29, 1.82) is 0 Å². The quantitative estimate of drug-likeness (QED) is 0.658. The molecule has 0 radical (unpaired) electrons. The van der Waals surface area contributed by atoms with Gasteiger partial charge in [-0.25, -0.2) is 0 Å². The van der Waals surface area contributed by atoms with Gasteiger partial charge in [0.2, 0.25) is 0 Å². The van der Waals surface area contributed by atoms with E-state index in [0.29, 0.717) is 5.02 Å². The summed E-state index contributed by atoms with van der Waals surface area (Å²) in [5.41, 5.74) is 1.04. The van der Waals surface area contributed by atoms with Crippen LogP contribution < -0.4 is 0 Å². The highest BCUT2D eigenvalue weighted by Crippen LogP contribution is 2.36. The van der Waals surface area contributed by atoms with E-state index < -0.39 is 0 Å². The van der Waals surface area contributed by atoms with E-state index >= 15 is 0 Å². The first-order chi connectivity index (χ1) is 8.24. The van der Waals surface area contributed by atoms with Gasteiger partial charge in [0.15, 0.2) is 0 Å². The monoisotopic (exact) mass is 260 g/mol. The standard InChI is InChI=1S/C14H9ClOS/c15-11-7-10(5-6-12(11)16)14-8-9-3-1-2-4-13(9)17-14/h1-8,16H. The van der Waals surface area contributed by atoms with Gasteiger partial charge in [-0.3, -0.25) is 0 Å². The molecule has 0 saturated heterocycles. The summed E-state index contributed by atoms with van der Waals surface area (Å²) in [7, 11) is 0. The van der Waals surface area contributed by atoms with Gasteiger partial charge in [-0.15, -0.1) is 11.3 Å². The second-order valence-corrected chi connectivity index (χ2v) is 5.31. The highest BCUT2D eigenvalue weighted by molar-refractivity contribution is 7.22. The molecule has 0 aliphatic carbocycles. The Morgan fingerprint density at radius 1 is 1.00 bits per heavy atom. The Balaban J connectivity index is 2.17. The number of benzene rings is 2. The van der Waals surface area contributed by atoms with Crippen molar-refractivity contribution in [2.75, 3.05) is 0 Å². The van der Waals surface area contributed by atoms with Gasteiger partial charge in [-0.05, 0) is 41.3 Å². The molecule has 0 amide bonds. The average Bonchev–Trinajstić information content (AvgIpc) is 2.76. The molecule has 3 aromatic rings. The largest absolute Gasteiger partial charge is 0.506 e. The zero-order chi connectivity index (χ0) is 11.8. The molecule has 2 aromatic carbocycles. The molecule has 0 fully saturated rings. The van der Waals surface area contributed by atoms with E-state index in [4.69, 9.17) is 11.6 Å². The van der Waals surface area contributed by atoms with E-state index in [9.17, 15) is 5.11 Å². The summed E-state index contributed by atoms with van der Waals surface area (Å²) in [6.07, 6.45) is 0. The van der Waals surface area contributed by atoms with Crippen LogP contribution >= 0.6 is 22.9 Å². The average molecular weight is 261 g/mol. The normalized spacial score (nSPS) is 10.9. The van der Waals surface area contributed by atoms with Crippen molar-refractivity contribution >= 4 is 33.0 Å². The fourth-order valence-electron chi connectivity index (χ4n) is 1.78. The number of phenols is 1. The lowest BCUT2D eigenvalue weighted by atomic mass is 10.1. The molecule has 84 valence electrons. The van der Waals surface area contributed by atoms with Crippen LogP contribution in [0.15, 0.2) is 48.5 Å². The first kappa shape index (κ1) is 10.6. The number of fused-ring (bicyclic) bond motifs is 1. The summed E-state index contributed by atoms with van der Waals surface area (Å²) in [6.45, 7) is 0. The van der Waals surface area contributed by atoms with Gasteiger partial charge in [0.05, 0.1) is 5.02 Å². The minimum absolute atomic E-state index is 0.122. The molecule has 1 nitrogen and oxygen atoms in total. The van der Waals surface area contributed by atoms with Gasteiger partial charge < -0.3 is 5.11 Å². The molecular formula is C14H9ClOS. The molecule has 0 aliphatic heterocycles. The van der Waals surface area contributed by atoms with Crippen LogP contribution in [0, 0.1) is 0 Å². The van der Waals surface area contributed by atoms with E-state index in [1.54, 1.807) is 23.5 Å². The Hall–Kier alpha value is -1.51. The van der Waals surface area contributed by atoms with E-state index in [1.165, 1.54) is 10.1 Å². The number of hydrogen-bond donors (Lipinski definition) is 1. The first-order valence-electron chi connectivity index (χ1n) is 5.21. The maximum absolute atomic E-state index is 9.40. The zero-order valence-corrected chi connectivity index (χ0v) is 10.4. The van der Waals surface area contributed by atoms with Crippen LogP contribution in [0.2, 0.25) is 5.02 Å². The van der Waals surface area contributed by atoms with Crippen LogP contribution in [-0.2, 0) is 0 Å². The van der Waals surface area contributed by atoms with Gasteiger partial charge in [-0.2, -0.15) is 0 Å². The Labute approximate surface area is 108 Å². The molecule has 0 unspecified atom stereocenters. The van der Waals surface area contributed by atoms with Gasteiger partial charge in [0, 0.05) is 9.58 Å². The minimum Gasteiger partial charge on any atom is -0.506 e. The van der Waals surface area contributed by atoms with Crippen LogP contribution in [0.3, 0.4) is 0 Å². The van der Waals surface area contributed by atoms with Crippen LogP contribution in [0.4, 0.5) is 0 Å². The molecule has 17 heavy (non-hydrogen) atoms. The predicted molar refractivity (Wildman–Crippen MR) is 73.9 cm³/mol. The zero-order valence-electron chi connectivity index (χ0n) is 8.85. The van der Waals surface area contributed by atoms with Gasteiger partial charge in [-0.1, -0.05) is 29.8 Å². The minimum atomic E-state index is 0.122. The lowest BCUT2D eigenvalue weighted by Gasteiger charge is -1.99. The maximum Gasteiger partial charge on any atom is 0.134 e. The number of aromatic hydroxyl groups is 1. The second-order valence-electron chi connectivity index (χ2n) is 3.81. The summed E-state index contributed by atoms with van der Waals surface area (Å²) in [4.78, 5) is 1.16. The van der Waals surface area contributed by atoms with E-state index in [-0.39, 0.29) is 5.75 Å². The maximum atomic E-state index is 9.40. The molecule has 1 N–H and O–H groups in total. The van der Waals surface area contributed by atoms with E-state index in [0.717, 1.165) is 10.4 Å². The van der Waals surface area contributed by atoms with E-state index in [1.807, 2.05) is 18.2 Å². The lowest BCUT2D eigenvalue weighted by Crippen LogP contribution is -1.73. The number of rotatable bonds is 1. The second kappa shape index (κ2) is 4.06. The van der Waals surface area contributed by atoms with Crippen LogP contribution in [0.1, 0.15) is 0 Å². The topological polar surface area (TPSA) is 20.2 Å². The van der Waals surface area contributed by atoms with Crippen LogP contribution in [0.25, 0.3) is 20.5 Å². The fraction of sp³-hybridized carbons (Fsp3) is 0. The van der Waals surface area contributed by atoms with Crippen molar-refractivity contribution in [3.8, 4) is 16.2 Å². The van der Waals surface area contributed by atoms with Crippen LogP contribution in [-0.4, -0.2) is 5.11 Å². The number of thiophene rings is 1. The third-order valence-corrected chi connectivity index (χ3v) is 4.13. The third kappa shape index (κ3) is 1.90. The molecule has 0 saturated carbocycles. The Morgan fingerprint density at radius 3 is 2.59 bits per heavy atom. The van der Waals surface area contributed by atoms with Crippen molar-refractivity contribution in [2.45, 2.75) is 0 Å². The molecule has 0 aliphatic rings. The number of halogens is 1. The van der Waals surface area contributed by atoms with Gasteiger partial charge in [0.25, 0.3) is 0 Å². The highest BCUT2D eigenvalue weighted by Gasteiger charge is 2.06. The molecule has 0 spiro atoms. The van der Waals surface area contributed by atoms with Gasteiger partial charge in [0.1, 0.15) is 5.75 Å². The smallest absolute Gasteiger partial charge is 0.134 e. The Morgan fingerprint density at radius 2 is 1.82 bits per heavy atom.